The van der Waals surface area contributed by atoms with Crippen molar-refractivity contribution in [2.45, 2.75) is 6.04 Å². The number of ether oxygens (including phenoxy) is 1. The predicted molar refractivity (Wildman–Crippen MR) is 122 cm³/mol. The number of amides is 1. The Hall–Kier alpha value is -4.52. The summed E-state index contributed by atoms with van der Waals surface area (Å²) in [5, 5.41) is 22.1. The number of carbonyl (C=O) groups is 2. The van der Waals surface area contributed by atoms with Crippen LogP contribution in [-0.2, 0) is 4.79 Å². The summed E-state index contributed by atoms with van der Waals surface area (Å²) in [5.41, 5.74) is 0.973. The lowest BCUT2D eigenvalue weighted by atomic mass is 9.94. The molecule has 4 aromatic rings. The molecular weight excluding hydrogens is 422 g/mol. The number of para-hydroxylation sites is 4. The molecule has 0 fully saturated rings. The van der Waals surface area contributed by atoms with Gasteiger partial charge in [-0.2, -0.15) is 0 Å². The molecule has 33 heavy (non-hydrogen) atoms. The molecule has 1 amide bonds. The smallest absolute Gasteiger partial charge is 0.294 e. The molecule has 0 saturated heterocycles. The number of nitrogens with zero attached hydrogens (tertiary/aromatic N) is 1. The number of fused-ring (bicyclic) bond motifs is 1. The van der Waals surface area contributed by atoms with Crippen molar-refractivity contribution in [1.82, 2.24) is 0 Å². The number of phenols is 1. The number of aliphatic hydroxyl groups is 1. The lowest BCUT2D eigenvalue weighted by Gasteiger charge is -2.28. The minimum absolute atomic E-state index is 0.00965. The number of Topliss-reactive ketones (excluding diaryl/α,β-unsaturated/α-hetero) is 1. The molecule has 1 unspecified atom stereocenters. The summed E-state index contributed by atoms with van der Waals surface area (Å²) in [4.78, 5) is 28.1. The number of benzene rings is 3. The Morgan fingerprint density at radius 2 is 1.67 bits per heavy atom. The first-order valence-electron chi connectivity index (χ1n) is 10.2. The highest BCUT2D eigenvalue weighted by Crippen LogP contribution is 2.46. The van der Waals surface area contributed by atoms with E-state index in [2.05, 4.69) is 0 Å². The van der Waals surface area contributed by atoms with E-state index in [-0.39, 0.29) is 22.8 Å². The maximum Gasteiger partial charge on any atom is 0.294 e. The largest absolute Gasteiger partial charge is 0.506 e. The third-order valence-electron chi connectivity index (χ3n) is 5.68. The highest BCUT2D eigenvalue weighted by Gasteiger charge is 2.47. The number of anilines is 1. The maximum atomic E-state index is 13.6. The van der Waals surface area contributed by atoms with Gasteiger partial charge in [0.2, 0.25) is 5.78 Å². The van der Waals surface area contributed by atoms with Gasteiger partial charge in [0, 0.05) is 10.9 Å². The Kier molecular flexibility index (Phi) is 4.86. The summed E-state index contributed by atoms with van der Waals surface area (Å²) < 4.78 is 11.2. The van der Waals surface area contributed by atoms with Crippen LogP contribution in [0.2, 0.25) is 0 Å². The molecule has 0 aliphatic carbocycles. The van der Waals surface area contributed by atoms with Gasteiger partial charge in [0.15, 0.2) is 11.5 Å². The van der Waals surface area contributed by atoms with Crippen LogP contribution in [0.4, 0.5) is 5.69 Å². The summed E-state index contributed by atoms with van der Waals surface area (Å²) in [6, 6.07) is 20.8. The molecule has 1 aliphatic heterocycles. The van der Waals surface area contributed by atoms with E-state index in [0.717, 1.165) is 5.39 Å². The number of hydrogen-bond acceptors (Lipinski definition) is 6. The predicted octanol–water partition coefficient (Wildman–Crippen LogP) is 4.93. The van der Waals surface area contributed by atoms with Gasteiger partial charge in [-0.15, -0.1) is 0 Å². The van der Waals surface area contributed by atoms with Crippen LogP contribution in [-0.4, -0.2) is 29.0 Å². The number of aliphatic hydroxyl groups excluding tert-OH is 1. The van der Waals surface area contributed by atoms with Crippen molar-refractivity contribution in [3.05, 3.63) is 102 Å². The Balaban J connectivity index is 1.71. The number of phenolic OH excluding ortho intramolecular Hbond substituents is 1. The van der Waals surface area contributed by atoms with Crippen LogP contribution < -0.4 is 9.64 Å². The molecule has 1 aliphatic rings. The lowest BCUT2D eigenvalue weighted by molar-refractivity contribution is -0.117. The van der Waals surface area contributed by atoms with Gasteiger partial charge in [0.05, 0.1) is 24.4 Å². The van der Waals surface area contributed by atoms with Crippen LogP contribution in [0.1, 0.15) is 22.2 Å². The average Bonchev–Trinajstić information content (AvgIpc) is 3.38. The van der Waals surface area contributed by atoms with E-state index in [1.54, 1.807) is 60.7 Å². The third kappa shape index (κ3) is 3.22. The molecule has 7 nitrogen and oxygen atoms in total. The summed E-state index contributed by atoms with van der Waals surface area (Å²) in [6.45, 7) is 0. The lowest BCUT2D eigenvalue weighted by Crippen LogP contribution is -2.31. The third-order valence-corrected chi connectivity index (χ3v) is 5.68. The number of carbonyl (C=O) groups excluding carboxylic acids is 2. The van der Waals surface area contributed by atoms with E-state index in [1.807, 2.05) is 6.07 Å². The van der Waals surface area contributed by atoms with Crippen molar-refractivity contribution in [3.63, 3.8) is 0 Å². The number of methoxy groups -OCH3 is 1. The first-order chi connectivity index (χ1) is 16.0. The summed E-state index contributed by atoms with van der Waals surface area (Å²) in [6.07, 6.45) is 0. The van der Waals surface area contributed by atoms with Crippen molar-refractivity contribution in [1.29, 1.82) is 0 Å². The number of aromatic hydroxyl groups is 1. The fourth-order valence-corrected chi connectivity index (χ4v) is 4.17. The van der Waals surface area contributed by atoms with Gasteiger partial charge in [0.1, 0.15) is 17.1 Å². The summed E-state index contributed by atoms with van der Waals surface area (Å²) in [7, 11) is 1.48. The van der Waals surface area contributed by atoms with Crippen LogP contribution in [0.3, 0.4) is 0 Å². The standard InChI is InChI=1S/C26H19NO6/c1-32-20-13-7-3-9-16(20)23-22(24(29)21-14-15-8-2-6-12-19(15)33-21)25(30)26(31)27(23)17-10-4-5-11-18(17)28/h2-14,23,28,30H,1H3. The molecule has 1 atom stereocenters. The molecule has 3 aromatic carbocycles. The second-order valence-corrected chi connectivity index (χ2v) is 7.55. The van der Waals surface area contributed by atoms with Crippen LogP contribution in [0, 0.1) is 0 Å². The molecule has 0 radical (unpaired) electrons. The Morgan fingerprint density at radius 3 is 2.42 bits per heavy atom. The highest BCUT2D eigenvalue weighted by atomic mass is 16.5. The zero-order chi connectivity index (χ0) is 23.1. The molecule has 0 bridgehead atoms. The monoisotopic (exact) mass is 441 g/mol. The Labute approximate surface area is 188 Å². The van der Waals surface area contributed by atoms with Crippen molar-refractivity contribution in [2.24, 2.45) is 0 Å². The van der Waals surface area contributed by atoms with Crippen LogP contribution in [0.25, 0.3) is 11.0 Å². The van der Waals surface area contributed by atoms with Gasteiger partial charge < -0.3 is 19.4 Å². The fraction of sp³-hybridized carbons (Fsp3) is 0.0769. The van der Waals surface area contributed by atoms with E-state index in [0.29, 0.717) is 16.9 Å². The van der Waals surface area contributed by atoms with Gasteiger partial charge in [0.25, 0.3) is 5.91 Å². The number of rotatable bonds is 5. The topological polar surface area (TPSA) is 100 Å². The van der Waals surface area contributed by atoms with Crippen LogP contribution in [0.15, 0.2) is 94.6 Å². The zero-order valence-corrected chi connectivity index (χ0v) is 17.6. The van der Waals surface area contributed by atoms with Gasteiger partial charge in [-0.3, -0.25) is 14.5 Å². The van der Waals surface area contributed by atoms with Crippen molar-refractivity contribution in [3.8, 4) is 11.5 Å². The second-order valence-electron chi connectivity index (χ2n) is 7.55. The molecule has 5 rings (SSSR count). The summed E-state index contributed by atoms with van der Waals surface area (Å²) in [5.74, 6) is -1.92. The van der Waals surface area contributed by atoms with Crippen molar-refractivity contribution >= 4 is 28.3 Å². The Morgan fingerprint density at radius 1 is 0.970 bits per heavy atom. The molecule has 164 valence electrons. The first kappa shape index (κ1) is 20.4. The maximum absolute atomic E-state index is 13.6. The van der Waals surface area contributed by atoms with Crippen LogP contribution in [0.5, 0.6) is 11.5 Å². The average molecular weight is 441 g/mol. The molecule has 0 spiro atoms. The molecule has 7 heteroatoms. The molecule has 2 heterocycles. The van der Waals surface area contributed by atoms with E-state index < -0.39 is 23.5 Å². The van der Waals surface area contributed by atoms with Crippen LogP contribution >= 0.6 is 0 Å². The first-order valence-corrected chi connectivity index (χ1v) is 10.2. The molecular formula is C26H19NO6. The van der Waals surface area contributed by atoms with Gasteiger partial charge in [-0.05, 0) is 30.3 Å². The highest BCUT2D eigenvalue weighted by molar-refractivity contribution is 6.21. The molecule has 0 saturated carbocycles. The SMILES string of the molecule is COc1ccccc1C1C(C(=O)c2cc3ccccc3o2)=C(O)C(=O)N1c1ccccc1O. The summed E-state index contributed by atoms with van der Waals surface area (Å²) >= 11 is 0. The van der Waals surface area contributed by atoms with Gasteiger partial charge in [-0.25, -0.2) is 0 Å². The molecule has 1 aromatic heterocycles. The quantitative estimate of drug-likeness (QED) is 0.426. The van der Waals surface area contributed by atoms with Gasteiger partial charge in [-0.1, -0.05) is 48.5 Å². The second kappa shape index (κ2) is 7.87. The minimum atomic E-state index is -1.05. The van der Waals surface area contributed by atoms with Gasteiger partial charge >= 0.3 is 0 Å². The van der Waals surface area contributed by atoms with E-state index in [1.165, 1.54) is 24.1 Å². The normalized spacial score (nSPS) is 16.0. The zero-order valence-electron chi connectivity index (χ0n) is 17.6. The van der Waals surface area contributed by atoms with Crippen molar-refractivity contribution < 1.29 is 29.0 Å². The van der Waals surface area contributed by atoms with Crippen molar-refractivity contribution in [2.75, 3.05) is 12.0 Å². The minimum Gasteiger partial charge on any atom is -0.506 e. The van der Waals surface area contributed by atoms with E-state index >= 15 is 0 Å². The van der Waals surface area contributed by atoms with E-state index in [4.69, 9.17) is 9.15 Å². The Bertz CT molecular complexity index is 1400. The number of hydrogen-bond donors (Lipinski definition) is 2. The number of furan rings is 1. The molecule has 2 N–H and O–H groups in total. The number of ketones is 1. The van der Waals surface area contributed by atoms with E-state index in [9.17, 15) is 19.8 Å². The fourth-order valence-electron chi connectivity index (χ4n) is 4.17.